The number of rotatable bonds is 4. The van der Waals surface area contributed by atoms with Crippen LogP contribution >= 0.6 is 15.9 Å². The number of fused-ring (bicyclic) bond motifs is 1. The first-order valence-corrected chi connectivity index (χ1v) is 7.79. The van der Waals surface area contributed by atoms with Gasteiger partial charge in [-0.2, -0.15) is 0 Å². The molecule has 3 rings (SSSR count). The molecule has 3 aromatic rings. The third kappa shape index (κ3) is 3.22. The van der Waals surface area contributed by atoms with Crippen LogP contribution in [0.4, 0.5) is 10.1 Å². The summed E-state index contributed by atoms with van der Waals surface area (Å²) < 4.78 is 25.2. The molecular formula is C17H13BrFNO3. The van der Waals surface area contributed by atoms with Crippen molar-refractivity contribution in [3.8, 4) is 5.75 Å². The first kappa shape index (κ1) is 15.6. The molecule has 0 fully saturated rings. The fraction of sp³-hybridized carbons (Fsp3) is 0.118. The number of halogens is 2. The molecule has 0 spiro atoms. The van der Waals surface area contributed by atoms with Gasteiger partial charge in [-0.05, 0) is 47.1 Å². The van der Waals surface area contributed by atoms with Crippen LogP contribution in [-0.4, -0.2) is 12.5 Å². The summed E-state index contributed by atoms with van der Waals surface area (Å²) in [5, 5.41) is 3.41. The molecule has 1 heterocycles. The minimum absolute atomic E-state index is 0.151. The van der Waals surface area contributed by atoms with Crippen molar-refractivity contribution in [1.82, 2.24) is 0 Å². The zero-order chi connectivity index (χ0) is 16.4. The second-order valence-corrected chi connectivity index (χ2v) is 5.66. The Labute approximate surface area is 140 Å². The van der Waals surface area contributed by atoms with E-state index < -0.39 is 11.7 Å². The van der Waals surface area contributed by atoms with Gasteiger partial charge in [-0.25, -0.2) is 4.39 Å². The number of ether oxygens (including phenoxy) is 1. The lowest BCUT2D eigenvalue weighted by molar-refractivity contribution is 0.0998. The average Bonchev–Trinajstić information content (AvgIpc) is 2.96. The van der Waals surface area contributed by atoms with Crippen molar-refractivity contribution in [3.63, 3.8) is 0 Å². The molecule has 0 saturated heterocycles. The van der Waals surface area contributed by atoms with Crippen molar-refractivity contribution in [3.05, 3.63) is 58.5 Å². The van der Waals surface area contributed by atoms with Crippen molar-refractivity contribution < 1.29 is 18.3 Å². The summed E-state index contributed by atoms with van der Waals surface area (Å²) >= 11 is 3.37. The molecule has 0 aliphatic heterocycles. The van der Waals surface area contributed by atoms with Gasteiger partial charge < -0.3 is 14.5 Å². The minimum Gasteiger partial charge on any atom is -0.491 e. The molecule has 2 aromatic carbocycles. The van der Waals surface area contributed by atoms with Crippen LogP contribution in [0.1, 0.15) is 17.5 Å². The second kappa shape index (κ2) is 6.42. The molecule has 0 aliphatic rings. The smallest absolute Gasteiger partial charge is 0.291 e. The number of amides is 1. The predicted octanol–water partition coefficient (Wildman–Crippen LogP) is 4.99. The summed E-state index contributed by atoms with van der Waals surface area (Å²) in [5.41, 5.74) is 0.922. The maximum absolute atomic E-state index is 13.8. The average molecular weight is 378 g/mol. The van der Waals surface area contributed by atoms with Crippen molar-refractivity contribution >= 4 is 38.5 Å². The number of hydrogen-bond donors (Lipinski definition) is 1. The van der Waals surface area contributed by atoms with E-state index in [0.717, 1.165) is 9.86 Å². The van der Waals surface area contributed by atoms with Crippen LogP contribution in [0.3, 0.4) is 0 Å². The van der Waals surface area contributed by atoms with E-state index in [1.807, 2.05) is 18.2 Å². The highest BCUT2D eigenvalue weighted by Gasteiger charge is 2.15. The number of furan rings is 1. The van der Waals surface area contributed by atoms with E-state index in [4.69, 9.17) is 9.15 Å². The van der Waals surface area contributed by atoms with Crippen LogP contribution in [0.2, 0.25) is 0 Å². The molecule has 0 bridgehead atoms. The lowest BCUT2D eigenvalue weighted by Gasteiger charge is -2.07. The van der Waals surface area contributed by atoms with Crippen molar-refractivity contribution in [2.24, 2.45) is 0 Å². The van der Waals surface area contributed by atoms with Gasteiger partial charge in [0.15, 0.2) is 17.3 Å². The number of hydrogen-bond acceptors (Lipinski definition) is 3. The fourth-order valence-electron chi connectivity index (χ4n) is 2.18. The van der Waals surface area contributed by atoms with Gasteiger partial charge in [0, 0.05) is 17.1 Å². The monoisotopic (exact) mass is 377 g/mol. The molecular weight excluding hydrogens is 365 g/mol. The van der Waals surface area contributed by atoms with Crippen LogP contribution in [0.25, 0.3) is 11.0 Å². The van der Waals surface area contributed by atoms with E-state index in [9.17, 15) is 9.18 Å². The van der Waals surface area contributed by atoms with Crippen LogP contribution in [0.5, 0.6) is 5.75 Å². The van der Waals surface area contributed by atoms with Gasteiger partial charge >= 0.3 is 0 Å². The van der Waals surface area contributed by atoms with E-state index in [1.54, 1.807) is 19.1 Å². The van der Waals surface area contributed by atoms with Crippen LogP contribution in [0, 0.1) is 5.82 Å². The summed E-state index contributed by atoms with van der Waals surface area (Å²) in [7, 11) is 0. The highest BCUT2D eigenvalue weighted by molar-refractivity contribution is 9.10. The SMILES string of the molecule is CCOc1ccc(NC(=O)c2cc3cccc(Br)c3o2)cc1F. The van der Waals surface area contributed by atoms with Gasteiger partial charge in [-0.1, -0.05) is 12.1 Å². The Kier molecular flexibility index (Phi) is 4.34. The van der Waals surface area contributed by atoms with Crippen LogP contribution < -0.4 is 10.1 Å². The van der Waals surface area contributed by atoms with E-state index in [0.29, 0.717) is 17.9 Å². The third-order valence-electron chi connectivity index (χ3n) is 3.21. The van der Waals surface area contributed by atoms with Gasteiger partial charge in [0.25, 0.3) is 5.91 Å². The topological polar surface area (TPSA) is 51.5 Å². The summed E-state index contributed by atoms with van der Waals surface area (Å²) in [6, 6.07) is 11.4. The van der Waals surface area contributed by atoms with E-state index in [2.05, 4.69) is 21.2 Å². The van der Waals surface area contributed by atoms with E-state index >= 15 is 0 Å². The van der Waals surface area contributed by atoms with Crippen LogP contribution in [-0.2, 0) is 0 Å². The Balaban J connectivity index is 1.83. The maximum atomic E-state index is 13.8. The summed E-state index contributed by atoms with van der Waals surface area (Å²) in [6.45, 7) is 2.14. The Morgan fingerprint density at radius 3 is 2.83 bits per heavy atom. The number of para-hydroxylation sites is 1. The molecule has 0 atom stereocenters. The molecule has 1 aromatic heterocycles. The quantitative estimate of drug-likeness (QED) is 0.696. The summed E-state index contributed by atoms with van der Waals surface area (Å²) in [4.78, 5) is 12.2. The molecule has 0 radical (unpaired) electrons. The fourth-order valence-corrected chi connectivity index (χ4v) is 2.65. The van der Waals surface area contributed by atoms with Crippen molar-refractivity contribution in [2.75, 3.05) is 11.9 Å². The van der Waals surface area contributed by atoms with Crippen molar-refractivity contribution in [2.45, 2.75) is 6.92 Å². The van der Waals surface area contributed by atoms with E-state index in [-0.39, 0.29) is 11.5 Å². The third-order valence-corrected chi connectivity index (χ3v) is 3.83. The zero-order valence-electron chi connectivity index (χ0n) is 12.2. The standard InChI is InChI=1S/C17H13BrFNO3/c1-2-22-14-7-6-11(9-13(14)19)20-17(21)15-8-10-4-3-5-12(18)16(10)23-15/h3-9H,2H2,1H3,(H,20,21). The molecule has 118 valence electrons. The first-order valence-electron chi connectivity index (χ1n) is 7.00. The number of anilines is 1. The van der Waals surface area contributed by atoms with Gasteiger partial charge in [-0.3, -0.25) is 4.79 Å². The minimum atomic E-state index is -0.531. The Morgan fingerprint density at radius 2 is 2.13 bits per heavy atom. The van der Waals surface area contributed by atoms with Crippen molar-refractivity contribution in [1.29, 1.82) is 0 Å². The molecule has 4 nitrogen and oxygen atoms in total. The highest BCUT2D eigenvalue weighted by atomic mass is 79.9. The molecule has 0 saturated carbocycles. The number of carbonyl (C=O) groups is 1. The lowest BCUT2D eigenvalue weighted by Crippen LogP contribution is -2.11. The van der Waals surface area contributed by atoms with Gasteiger partial charge in [0.2, 0.25) is 0 Å². The zero-order valence-corrected chi connectivity index (χ0v) is 13.8. The summed E-state index contributed by atoms with van der Waals surface area (Å²) in [6.07, 6.45) is 0. The Hall–Kier alpha value is -2.34. The van der Waals surface area contributed by atoms with Crippen LogP contribution in [0.15, 0.2) is 51.4 Å². The lowest BCUT2D eigenvalue weighted by atomic mass is 10.2. The summed E-state index contributed by atoms with van der Waals surface area (Å²) in [5.74, 6) is -0.673. The second-order valence-electron chi connectivity index (χ2n) is 4.80. The number of nitrogens with one attached hydrogen (secondary N) is 1. The molecule has 1 N–H and O–H groups in total. The van der Waals surface area contributed by atoms with Gasteiger partial charge in [-0.15, -0.1) is 0 Å². The predicted molar refractivity (Wildman–Crippen MR) is 89.4 cm³/mol. The first-order chi connectivity index (χ1) is 11.1. The highest BCUT2D eigenvalue weighted by Crippen LogP contribution is 2.28. The van der Waals surface area contributed by atoms with Gasteiger partial charge in [0.05, 0.1) is 11.1 Å². The maximum Gasteiger partial charge on any atom is 0.291 e. The molecule has 0 aliphatic carbocycles. The van der Waals surface area contributed by atoms with Gasteiger partial charge in [0.1, 0.15) is 5.58 Å². The molecule has 0 unspecified atom stereocenters. The van der Waals surface area contributed by atoms with E-state index in [1.165, 1.54) is 12.1 Å². The molecule has 6 heteroatoms. The Morgan fingerprint density at radius 1 is 1.30 bits per heavy atom. The normalized spacial score (nSPS) is 10.7. The molecule has 23 heavy (non-hydrogen) atoms. The Bertz CT molecular complexity index is 875. The largest absolute Gasteiger partial charge is 0.491 e. The number of carbonyl (C=O) groups excluding carboxylic acids is 1. The number of benzene rings is 2. The molecule has 1 amide bonds.